The van der Waals surface area contributed by atoms with Gasteiger partial charge in [0.2, 0.25) is 0 Å². The van der Waals surface area contributed by atoms with Crippen molar-refractivity contribution in [3.8, 4) is 0 Å². The maximum Gasteiger partial charge on any atom is 0.256 e. The molecule has 2 unspecified atom stereocenters. The zero-order valence-electron chi connectivity index (χ0n) is 14.3. The quantitative estimate of drug-likeness (QED) is 0.855. The first-order valence-electron chi connectivity index (χ1n) is 8.93. The smallest absolute Gasteiger partial charge is 0.256 e. The minimum absolute atomic E-state index is 0.0572. The molecule has 2 atom stereocenters. The second kappa shape index (κ2) is 6.98. The van der Waals surface area contributed by atoms with E-state index in [1.165, 1.54) is 5.56 Å². The van der Waals surface area contributed by atoms with Gasteiger partial charge in [-0.15, -0.1) is 0 Å². The van der Waals surface area contributed by atoms with Gasteiger partial charge in [0.25, 0.3) is 5.91 Å². The summed E-state index contributed by atoms with van der Waals surface area (Å²) in [5, 5.41) is 0. The third kappa shape index (κ3) is 3.32. The fraction of sp³-hybridized carbons (Fsp3) is 0.381. The molecule has 1 aliphatic heterocycles. The van der Waals surface area contributed by atoms with Crippen molar-refractivity contribution in [1.29, 1.82) is 0 Å². The Balaban J connectivity index is 1.42. The van der Waals surface area contributed by atoms with Crippen LogP contribution in [0.2, 0.25) is 0 Å². The molecule has 2 aromatic carbocycles. The Bertz CT molecular complexity index is 718. The average molecular weight is 337 g/mol. The lowest BCUT2D eigenvalue weighted by Gasteiger charge is -2.33. The zero-order chi connectivity index (χ0) is 17.1. The van der Waals surface area contributed by atoms with Crippen molar-refractivity contribution in [1.82, 2.24) is 4.90 Å². The highest BCUT2D eigenvalue weighted by atomic mass is 16.5. The van der Waals surface area contributed by atoms with Gasteiger partial charge in [-0.25, -0.2) is 0 Å². The summed E-state index contributed by atoms with van der Waals surface area (Å²) in [7, 11) is 0. The Morgan fingerprint density at radius 1 is 1.12 bits per heavy atom. The molecule has 1 amide bonds. The van der Waals surface area contributed by atoms with Crippen molar-refractivity contribution in [2.45, 2.75) is 37.7 Å². The predicted molar refractivity (Wildman–Crippen MR) is 95.0 cm³/mol. The van der Waals surface area contributed by atoms with Crippen LogP contribution in [-0.4, -0.2) is 35.8 Å². The summed E-state index contributed by atoms with van der Waals surface area (Å²) in [5.74, 6) is 0.0572. The molecule has 1 heterocycles. The van der Waals surface area contributed by atoms with E-state index in [-0.39, 0.29) is 12.0 Å². The molecule has 1 saturated heterocycles. The Morgan fingerprint density at radius 3 is 2.60 bits per heavy atom. The summed E-state index contributed by atoms with van der Waals surface area (Å²) in [6.45, 7) is 1.86. The fourth-order valence-electron chi connectivity index (χ4n) is 3.88. The first-order valence-corrected chi connectivity index (χ1v) is 8.93. The summed E-state index contributed by atoms with van der Waals surface area (Å²) in [6.07, 6.45) is 2.64. The number of rotatable bonds is 4. The molecule has 0 bridgehead atoms. The molecule has 2 aromatic rings. The Labute approximate surface area is 148 Å². The summed E-state index contributed by atoms with van der Waals surface area (Å²) < 4.78 is 12.2. The van der Waals surface area contributed by atoms with Gasteiger partial charge >= 0.3 is 0 Å². The van der Waals surface area contributed by atoms with E-state index in [1.54, 1.807) is 0 Å². The molecule has 1 aliphatic carbocycles. The number of carbonyl (C=O) groups excluding carboxylic acids is 1. The number of carbonyl (C=O) groups is 1. The lowest BCUT2D eigenvalue weighted by molar-refractivity contribution is -0.0754. The van der Waals surface area contributed by atoms with Gasteiger partial charge in [-0.05, 0) is 30.5 Å². The first-order chi connectivity index (χ1) is 12.3. The standard InChI is InChI=1S/C21H23NO3/c23-20(18-9-5-2-6-10-18)22-13-14-25-21(22)12-11-19(15-21)24-16-17-7-3-1-4-8-17/h1-10,19H,11-16H2. The molecule has 4 heteroatoms. The number of benzene rings is 2. The van der Waals surface area contributed by atoms with Gasteiger partial charge in [0.05, 0.1) is 19.3 Å². The van der Waals surface area contributed by atoms with Crippen molar-refractivity contribution in [2.24, 2.45) is 0 Å². The van der Waals surface area contributed by atoms with Crippen LogP contribution in [0.3, 0.4) is 0 Å². The molecule has 2 fully saturated rings. The summed E-state index contributed by atoms with van der Waals surface area (Å²) in [4.78, 5) is 14.8. The first kappa shape index (κ1) is 16.3. The topological polar surface area (TPSA) is 38.8 Å². The summed E-state index contributed by atoms with van der Waals surface area (Å²) in [6, 6.07) is 19.7. The van der Waals surface area contributed by atoms with Crippen molar-refractivity contribution in [2.75, 3.05) is 13.2 Å². The van der Waals surface area contributed by atoms with Crippen LogP contribution < -0.4 is 0 Å². The van der Waals surface area contributed by atoms with Crippen LogP contribution in [-0.2, 0) is 16.1 Å². The van der Waals surface area contributed by atoms with Crippen molar-refractivity contribution < 1.29 is 14.3 Å². The lowest BCUT2D eigenvalue weighted by atomic mass is 10.1. The molecule has 0 N–H and O–H groups in total. The average Bonchev–Trinajstić information content (AvgIpc) is 3.28. The Morgan fingerprint density at radius 2 is 1.84 bits per heavy atom. The second-order valence-electron chi connectivity index (χ2n) is 6.78. The van der Waals surface area contributed by atoms with E-state index in [0.717, 1.165) is 24.8 Å². The van der Waals surface area contributed by atoms with Crippen molar-refractivity contribution in [3.05, 3.63) is 71.8 Å². The lowest BCUT2D eigenvalue weighted by Crippen LogP contribution is -2.46. The molecule has 4 rings (SSSR count). The van der Waals surface area contributed by atoms with E-state index in [1.807, 2.05) is 53.4 Å². The summed E-state index contributed by atoms with van der Waals surface area (Å²) in [5.41, 5.74) is 1.41. The fourth-order valence-corrected chi connectivity index (χ4v) is 3.88. The van der Waals surface area contributed by atoms with Gasteiger partial charge in [0.1, 0.15) is 5.72 Å². The van der Waals surface area contributed by atoms with Crippen LogP contribution in [0.5, 0.6) is 0 Å². The van der Waals surface area contributed by atoms with Crippen LogP contribution in [0.15, 0.2) is 60.7 Å². The monoisotopic (exact) mass is 337 g/mol. The van der Waals surface area contributed by atoms with Gasteiger partial charge in [0, 0.05) is 18.5 Å². The molecule has 130 valence electrons. The van der Waals surface area contributed by atoms with Crippen molar-refractivity contribution >= 4 is 5.91 Å². The van der Waals surface area contributed by atoms with Gasteiger partial charge in [-0.2, -0.15) is 0 Å². The largest absolute Gasteiger partial charge is 0.373 e. The molecular weight excluding hydrogens is 314 g/mol. The number of hydrogen-bond acceptors (Lipinski definition) is 3. The SMILES string of the molecule is O=C(c1ccccc1)N1CCOC12CCC(OCc1ccccc1)C2. The van der Waals surface area contributed by atoms with Gasteiger partial charge in [-0.1, -0.05) is 48.5 Å². The van der Waals surface area contributed by atoms with Gasteiger partial charge < -0.3 is 14.4 Å². The molecular formula is C21H23NO3. The molecule has 0 aromatic heterocycles. The van der Waals surface area contributed by atoms with Crippen molar-refractivity contribution in [3.63, 3.8) is 0 Å². The third-order valence-corrected chi connectivity index (χ3v) is 5.18. The van der Waals surface area contributed by atoms with E-state index >= 15 is 0 Å². The summed E-state index contributed by atoms with van der Waals surface area (Å²) >= 11 is 0. The molecule has 2 aliphatic rings. The van der Waals surface area contributed by atoms with Crippen LogP contribution in [0.4, 0.5) is 0 Å². The van der Waals surface area contributed by atoms with Gasteiger partial charge in [-0.3, -0.25) is 4.79 Å². The molecule has 1 spiro atoms. The number of hydrogen-bond donors (Lipinski definition) is 0. The molecule has 0 radical (unpaired) electrons. The number of amides is 1. The minimum Gasteiger partial charge on any atom is -0.373 e. The highest BCUT2D eigenvalue weighted by Gasteiger charge is 2.50. The minimum atomic E-state index is -0.492. The molecule has 4 nitrogen and oxygen atoms in total. The third-order valence-electron chi connectivity index (χ3n) is 5.18. The van der Waals surface area contributed by atoms with Crippen LogP contribution in [0.25, 0.3) is 0 Å². The van der Waals surface area contributed by atoms with Crippen LogP contribution in [0, 0.1) is 0 Å². The normalized spacial score (nSPS) is 25.6. The zero-order valence-corrected chi connectivity index (χ0v) is 14.3. The maximum absolute atomic E-state index is 12.9. The number of ether oxygens (including phenoxy) is 2. The predicted octanol–water partition coefficient (Wildman–Crippen LogP) is 3.62. The van der Waals surface area contributed by atoms with Crippen LogP contribution in [0.1, 0.15) is 35.2 Å². The van der Waals surface area contributed by atoms with E-state index < -0.39 is 5.72 Å². The van der Waals surface area contributed by atoms with E-state index in [9.17, 15) is 4.79 Å². The van der Waals surface area contributed by atoms with E-state index in [4.69, 9.17) is 9.47 Å². The highest BCUT2D eigenvalue weighted by molar-refractivity contribution is 5.94. The Hall–Kier alpha value is -2.17. The maximum atomic E-state index is 12.9. The van der Waals surface area contributed by atoms with Gasteiger partial charge in [0.15, 0.2) is 0 Å². The second-order valence-corrected chi connectivity index (χ2v) is 6.78. The Kier molecular flexibility index (Phi) is 4.55. The highest BCUT2D eigenvalue weighted by Crippen LogP contribution is 2.41. The number of nitrogens with zero attached hydrogens (tertiary/aromatic N) is 1. The van der Waals surface area contributed by atoms with Crippen LogP contribution >= 0.6 is 0 Å². The van der Waals surface area contributed by atoms with E-state index in [0.29, 0.717) is 19.8 Å². The van der Waals surface area contributed by atoms with E-state index in [2.05, 4.69) is 12.1 Å². The molecule has 25 heavy (non-hydrogen) atoms. The molecule has 1 saturated carbocycles.